The summed E-state index contributed by atoms with van der Waals surface area (Å²) in [5.74, 6) is -5.01. The Morgan fingerprint density at radius 1 is 1.00 bits per heavy atom. The first kappa shape index (κ1) is 16.2. The summed E-state index contributed by atoms with van der Waals surface area (Å²) in [4.78, 5) is 41.4. The number of carbonyl (C=O) groups excluding carboxylic acids is 3. The van der Waals surface area contributed by atoms with Gasteiger partial charge in [-0.25, -0.2) is 13.6 Å². The maximum atomic E-state index is 12.8. The smallest absolute Gasteiger partial charge is 0.363 e. The zero-order valence-corrected chi connectivity index (χ0v) is 13.1. The molecule has 26 heavy (non-hydrogen) atoms. The molecule has 2 amide bonds. The van der Waals surface area contributed by atoms with Gasteiger partial charge in [-0.3, -0.25) is 9.59 Å². The third-order valence-electron chi connectivity index (χ3n) is 4.07. The maximum absolute atomic E-state index is 12.8. The first-order chi connectivity index (χ1) is 12.4. The van der Waals surface area contributed by atoms with E-state index in [1.165, 1.54) is 36.4 Å². The molecule has 1 aliphatic heterocycles. The van der Waals surface area contributed by atoms with Gasteiger partial charge in [0.25, 0.3) is 17.7 Å². The molecule has 1 heterocycles. The standard InChI is InChI=1S/C18H11F2NO5/c19-18(20)9-14(18)25-11-7-5-10(6-8-11)17(24)26-21-15(22)12-3-1-2-4-13(12)16(21)23/h1-8,14H,9H2. The number of alkyl halides is 2. The quantitative estimate of drug-likeness (QED) is 0.785. The van der Waals surface area contributed by atoms with Crippen molar-refractivity contribution in [3.05, 3.63) is 65.2 Å². The van der Waals surface area contributed by atoms with Gasteiger partial charge in [-0.05, 0) is 36.4 Å². The van der Waals surface area contributed by atoms with Crippen LogP contribution >= 0.6 is 0 Å². The summed E-state index contributed by atoms with van der Waals surface area (Å²) in [6.45, 7) is 0. The molecule has 1 unspecified atom stereocenters. The van der Waals surface area contributed by atoms with Crippen molar-refractivity contribution in [2.24, 2.45) is 0 Å². The number of imide groups is 1. The molecule has 0 N–H and O–H groups in total. The fraction of sp³-hybridized carbons (Fsp3) is 0.167. The number of fused-ring (bicyclic) bond motifs is 1. The molecular weight excluding hydrogens is 348 g/mol. The van der Waals surface area contributed by atoms with Crippen LogP contribution in [0.2, 0.25) is 0 Å². The molecule has 132 valence electrons. The van der Waals surface area contributed by atoms with Gasteiger partial charge in [0.05, 0.1) is 23.1 Å². The van der Waals surface area contributed by atoms with Crippen LogP contribution in [-0.2, 0) is 4.84 Å². The minimum atomic E-state index is -2.82. The Bertz CT molecular complexity index is 890. The fourth-order valence-electron chi connectivity index (χ4n) is 2.54. The van der Waals surface area contributed by atoms with Crippen LogP contribution in [0, 0.1) is 0 Å². The molecule has 0 aromatic heterocycles. The van der Waals surface area contributed by atoms with E-state index < -0.39 is 29.8 Å². The molecule has 2 aromatic carbocycles. The van der Waals surface area contributed by atoms with Crippen molar-refractivity contribution >= 4 is 17.8 Å². The van der Waals surface area contributed by atoms with E-state index in [1.54, 1.807) is 12.1 Å². The van der Waals surface area contributed by atoms with Gasteiger partial charge in [-0.1, -0.05) is 17.2 Å². The van der Waals surface area contributed by atoms with E-state index in [0.717, 1.165) is 0 Å². The third-order valence-corrected chi connectivity index (χ3v) is 4.07. The monoisotopic (exact) mass is 359 g/mol. The van der Waals surface area contributed by atoms with Crippen molar-refractivity contribution in [3.63, 3.8) is 0 Å². The Balaban J connectivity index is 1.44. The highest BCUT2D eigenvalue weighted by Crippen LogP contribution is 2.44. The molecule has 8 heteroatoms. The van der Waals surface area contributed by atoms with Crippen molar-refractivity contribution in [1.82, 2.24) is 5.06 Å². The lowest BCUT2D eigenvalue weighted by Gasteiger charge is -2.13. The van der Waals surface area contributed by atoms with Crippen LogP contribution in [0.25, 0.3) is 0 Å². The van der Waals surface area contributed by atoms with Crippen LogP contribution in [0.15, 0.2) is 48.5 Å². The third kappa shape index (κ3) is 2.69. The van der Waals surface area contributed by atoms with Crippen LogP contribution in [0.3, 0.4) is 0 Å². The molecule has 0 radical (unpaired) electrons. The first-order valence-electron chi connectivity index (χ1n) is 7.71. The fourth-order valence-corrected chi connectivity index (χ4v) is 2.54. The molecule has 2 aromatic rings. The minimum Gasteiger partial charge on any atom is -0.484 e. The Labute approximate surface area is 145 Å². The zero-order chi connectivity index (χ0) is 18.5. The summed E-state index contributed by atoms with van der Waals surface area (Å²) in [5, 5.41) is 0.405. The van der Waals surface area contributed by atoms with Gasteiger partial charge in [0, 0.05) is 0 Å². The van der Waals surface area contributed by atoms with E-state index in [2.05, 4.69) is 0 Å². The second-order valence-corrected chi connectivity index (χ2v) is 5.93. The SMILES string of the molecule is O=C(ON1C(=O)c2ccccc2C1=O)c1ccc(OC2CC2(F)F)cc1. The Hall–Kier alpha value is -3.29. The number of amides is 2. The zero-order valence-electron chi connectivity index (χ0n) is 13.1. The van der Waals surface area contributed by atoms with E-state index in [-0.39, 0.29) is 28.9 Å². The molecule has 4 rings (SSSR count). The van der Waals surface area contributed by atoms with E-state index in [1.807, 2.05) is 0 Å². The predicted molar refractivity (Wildman–Crippen MR) is 82.8 cm³/mol. The van der Waals surface area contributed by atoms with Crippen LogP contribution in [0.1, 0.15) is 37.5 Å². The van der Waals surface area contributed by atoms with Gasteiger partial charge in [-0.2, -0.15) is 0 Å². The molecule has 0 bridgehead atoms. The van der Waals surface area contributed by atoms with Crippen molar-refractivity contribution in [2.45, 2.75) is 18.4 Å². The second kappa shape index (κ2) is 5.62. The number of benzene rings is 2. The van der Waals surface area contributed by atoms with Crippen molar-refractivity contribution < 1.29 is 32.7 Å². The van der Waals surface area contributed by atoms with E-state index in [9.17, 15) is 23.2 Å². The van der Waals surface area contributed by atoms with Crippen molar-refractivity contribution in [2.75, 3.05) is 0 Å². The van der Waals surface area contributed by atoms with Gasteiger partial charge in [0.1, 0.15) is 5.75 Å². The summed E-state index contributed by atoms with van der Waals surface area (Å²) in [7, 11) is 0. The van der Waals surface area contributed by atoms with Gasteiger partial charge in [0.15, 0.2) is 6.10 Å². The normalized spacial score (nSPS) is 19.9. The molecule has 1 saturated carbocycles. The summed E-state index contributed by atoms with van der Waals surface area (Å²) >= 11 is 0. The summed E-state index contributed by atoms with van der Waals surface area (Å²) in [6.07, 6.45) is -1.49. The number of rotatable bonds is 4. The number of hydrogen-bond donors (Lipinski definition) is 0. The number of hydroxylamine groups is 2. The average Bonchev–Trinajstić information content (AvgIpc) is 3.16. The van der Waals surface area contributed by atoms with Crippen molar-refractivity contribution in [1.29, 1.82) is 0 Å². The van der Waals surface area contributed by atoms with Gasteiger partial charge in [0.2, 0.25) is 0 Å². The van der Waals surface area contributed by atoms with Gasteiger partial charge < -0.3 is 9.57 Å². The lowest BCUT2D eigenvalue weighted by molar-refractivity contribution is -0.0584. The molecule has 6 nitrogen and oxygen atoms in total. The minimum absolute atomic E-state index is 0.0384. The molecule has 0 saturated heterocycles. The van der Waals surface area contributed by atoms with Crippen LogP contribution in [0.5, 0.6) is 5.75 Å². The summed E-state index contributed by atoms with van der Waals surface area (Å²) in [5.41, 5.74) is 0.343. The molecule has 1 aliphatic carbocycles. The molecule has 2 aliphatic rings. The summed E-state index contributed by atoms with van der Waals surface area (Å²) in [6, 6.07) is 11.4. The molecular formula is C18H11F2NO5. The highest BCUT2D eigenvalue weighted by atomic mass is 19.3. The lowest BCUT2D eigenvalue weighted by atomic mass is 10.1. The van der Waals surface area contributed by atoms with E-state index in [4.69, 9.17) is 9.57 Å². The maximum Gasteiger partial charge on any atom is 0.363 e. The number of carbonyl (C=O) groups is 3. The van der Waals surface area contributed by atoms with Gasteiger partial charge >= 0.3 is 5.97 Å². The second-order valence-electron chi connectivity index (χ2n) is 5.93. The van der Waals surface area contributed by atoms with E-state index in [0.29, 0.717) is 5.06 Å². The highest BCUT2D eigenvalue weighted by molar-refractivity contribution is 6.21. The highest BCUT2D eigenvalue weighted by Gasteiger charge is 2.59. The predicted octanol–water partition coefficient (Wildman–Crippen LogP) is 2.84. The van der Waals surface area contributed by atoms with Crippen LogP contribution in [0.4, 0.5) is 8.78 Å². The summed E-state index contributed by atoms with van der Waals surface area (Å²) < 4.78 is 30.7. The number of hydrogen-bond acceptors (Lipinski definition) is 5. The van der Waals surface area contributed by atoms with E-state index >= 15 is 0 Å². The van der Waals surface area contributed by atoms with Gasteiger partial charge in [-0.15, -0.1) is 0 Å². The lowest BCUT2D eigenvalue weighted by Crippen LogP contribution is -2.32. The Morgan fingerprint density at radius 2 is 1.54 bits per heavy atom. The Kier molecular flexibility index (Phi) is 3.50. The largest absolute Gasteiger partial charge is 0.484 e. The van der Waals surface area contributed by atoms with Crippen molar-refractivity contribution in [3.8, 4) is 5.75 Å². The first-order valence-corrected chi connectivity index (χ1v) is 7.71. The molecule has 0 spiro atoms. The van der Waals surface area contributed by atoms with Crippen LogP contribution in [-0.4, -0.2) is 34.9 Å². The topological polar surface area (TPSA) is 72.9 Å². The number of ether oxygens (including phenoxy) is 1. The molecule has 1 atom stereocenters. The number of halogens is 2. The Morgan fingerprint density at radius 3 is 2.04 bits per heavy atom. The average molecular weight is 359 g/mol. The molecule has 1 fully saturated rings. The van der Waals surface area contributed by atoms with Crippen LogP contribution < -0.4 is 4.74 Å². The number of nitrogens with zero attached hydrogens (tertiary/aromatic N) is 1.